The Labute approximate surface area is 62.7 Å². The number of hydrogen-bond acceptors (Lipinski definition) is 2. The van der Waals surface area contributed by atoms with Gasteiger partial charge in [-0.05, 0) is 12.5 Å². The Bertz CT molecular complexity index is 113. The van der Waals surface area contributed by atoms with Gasteiger partial charge in [-0.1, -0.05) is 0 Å². The van der Waals surface area contributed by atoms with Crippen molar-refractivity contribution in [1.82, 2.24) is 3.11 Å². The summed E-state index contributed by atoms with van der Waals surface area (Å²) in [6.07, 6.45) is 2.85. The number of halogens is 1. The Hall–Kier alpha value is 0.230. The normalized spacial score (nSPS) is 22.9. The van der Waals surface area contributed by atoms with E-state index in [0.717, 1.165) is 13.0 Å². The molecule has 0 saturated carbocycles. The van der Waals surface area contributed by atoms with E-state index in [2.05, 4.69) is 26.0 Å². The highest BCUT2D eigenvalue weighted by molar-refractivity contribution is 14.1. The lowest BCUT2D eigenvalue weighted by molar-refractivity contribution is 0.343. The molecule has 3 heteroatoms. The molecule has 0 aromatic rings. The molecule has 1 aliphatic heterocycles. The third-order valence-corrected chi connectivity index (χ3v) is 1.91. The number of rotatable bonds is 0. The van der Waals surface area contributed by atoms with E-state index < -0.39 is 0 Å². The third-order valence-electron chi connectivity index (χ3n) is 1.09. The van der Waals surface area contributed by atoms with Crippen molar-refractivity contribution in [3.05, 3.63) is 11.8 Å². The number of aliphatic hydroxyl groups is 1. The molecule has 1 aliphatic rings. The molecule has 46 valence electrons. The molecule has 0 spiro atoms. The molecule has 0 radical (unpaired) electrons. The molecule has 0 unspecified atom stereocenters. The van der Waals surface area contributed by atoms with E-state index in [4.69, 9.17) is 5.11 Å². The molecule has 1 N–H and O–H groups in total. The van der Waals surface area contributed by atoms with Gasteiger partial charge in [-0.2, -0.15) is 0 Å². The number of nitrogens with zero attached hydrogens (tertiary/aromatic N) is 1. The van der Waals surface area contributed by atoms with Crippen molar-refractivity contribution in [2.45, 2.75) is 6.42 Å². The average molecular weight is 225 g/mol. The summed E-state index contributed by atoms with van der Waals surface area (Å²) in [7, 11) is 0. The average Bonchev–Trinajstić information content (AvgIpc) is 1.64. The first kappa shape index (κ1) is 6.35. The van der Waals surface area contributed by atoms with Gasteiger partial charge in [0.1, 0.15) is 5.76 Å². The predicted molar refractivity (Wildman–Crippen MR) is 40.9 cm³/mol. The van der Waals surface area contributed by atoms with E-state index in [1.807, 2.05) is 6.08 Å². The molecule has 0 aromatic carbocycles. The Kier molecular flexibility index (Phi) is 2.13. The topological polar surface area (TPSA) is 23.5 Å². The van der Waals surface area contributed by atoms with Gasteiger partial charge >= 0.3 is 0 Å². The van der Waals surface area contributed by atoms with Crippen LogP contribution in [-0.2, 0) is 0 Å². The van der Waals surface area contributed by atoms with Gasteiger partial charge in [0.25, 0.3) is 0 Å². The van der Waals surface area contributed by atoms with Crippen LogP contribution in [-0.4, -0.2) is 21.3 Å². The van der Waals surface area contributed by atoms with Gasteiger partial charge in [-0.3, -0.25) is 0 Å². The second-order valence-electron chi connectivity index (χ2n) is 1.83. The predicted octanol–water partition coefficient (Wildman–Crippen LogP) is 1.48. The molecule has 8 heavy (non-hydrogen) atoms. The Morgan fingerprint density at radius 3 is 2.88 bits per heavy atom. The monoisotopic (exact) mass is 225 g/mol. The minimum atomic E-state index is 0.505. The SMILES string of the molecule is OC1=CCCN(I)C1. The standard InChI is InChI=1S/C5H8INO/c6-7-3-1-2-5(8)4-7/h2,8H,1,3-4H2. The molecule has 0 atom stereocenters. The zero-order chi connectivity index (χ0) is 5.98. The second-order valence-corrected chi connectivity index (χ2v) is 3.19. The Balaban J connectivity index is 2.45. The third kappa shape index (κ3) is 1.63. The molecule has 1 heterocycles. The van der Waals surface area contributed by atoms with E-state index in [1.54, 1.807) is 0 Å². The van der Waals surface area contributed by atoms with Crippen molar-refractivity contribution in [2.75, 3.05) is 13.1 Å². The van der Waals surface area contributed by atoms with E-state index in [-0.39, 0.29) is 0 Å². The van der Waals surface area contributed by atoms with Crippen LogP contribution in [0, 0.1) is 0 Å². The van der Waals surface area contributed by atoms with Gasteiger partial charge in [-0.15, -0.1) is 0 Å². The van der Waals surface area contributed by atoms with Crippen molar-refractivity contribution in [1.29, 1.82) is 0 Å². The van der Waals surface area contributed by atoms with Crippen molar-refractivity contribution in [3.8, 4) is 0 Å². The smallest absolute Gasteiger partial charge is 0.103 e. The maximum absolute atomic E-state index is 8.89. The van der Waals surface area contributed by atoms with Crippen LogP contribution in [0.5, 0.6) is 0 Å². The molecular weight excluding hydrogens is 217 g/mol. The van der Waals surface area contributed by atoms with Crippen LogP contribution in [0.15, 0.2) is 11.8 Å². The largest absolute Gasteiger partial charge is 0.511 e. The quantitative estimate of drug-likeness (QED) is 0.498. The fourth-order valence-electron chi connectivity index (χ4n) is 0.691. The summed E-state index contributed by atoms with van der Waals surface area (Å²) < 4.78 is 2.06. The highest BCUT2D eigenvalue weighted by atomic mass is 127. The summed E-state index contributed by atoms with van der Waals surface area (Å²) in [5.74, 6) is 0.505. The van der Waals surface area contributed by atoms with Gasteiger partial charge in [-0.25, -0.2) is 3.11 Å². The lowest BCUT2D eigenvalue weighted by atomic mass is 10.3. The summed E-state index contributed by atoms with van der Waals surface area (Å²) in [4.78, 5) is 0. The van der Waals surface area contributed by atoms with Crippen LogP contribution in [0.2, 0.25) is 0 Å². The molecule has 0 amide bonds. The van der Waals surface area contributed by atoms with Crippen LogP contribution in [0.25, 0.3) is 0 Å². The Morgan fingerprint density at radius 2 is 2.50 bits per heavy atom. The van der Waals surface area contributed by atoms with E-state index in [9.17, 15) is 0 Å². The second kappa shape index (κ2) is 2.68. The van der Waals surface area contributed by atoms with Crippen LogP contribution in [0.3, 0.4) is 0 Å². The van der Waals surface area contributed by atoms with Gasteiger partial charge in [0.2, 0.25) is 0 Å². The van der Waals surface area contributed by atoms with Gasteiger partial charge in [0, 0.05) is 29.4 Å². The van der Waals surface area contributed by atoms with Crippen molar-refractivity contribution < 1.29 is 5.11 Å². The maximum atomic E-state index is 8.89. The fraction of sp³-hybridized carbons (Fsp3) is 0.600. The summed E-state index contributed by atoms with van der Waals surface area (Å²) in [6.45, 7) is 1.77. The van der Waals surface area contributed by atoms with Crippen LogP contribution < -0.4 is 0 Å². The molecule has 2 nitrogen and oxygen atoms in total. The highest BCUT2D eigenvalue weighted by Gasteiger charge is 2.06. The number of aliphatic hydroxyl groups excluding tert-OH is 1. The van der Waals surface area contributed by atoms with E-state index in [0.29, 0.717) is 12.3 Å². The molecule has 0 aliphatic carbocycles. The first-order valence-corrected chi connectivity index (χ1v) is 3.54. The first-order chi connectivity index (χ1) is 3.79. The Morgan fingerprint density at radius 1 is 1.75 bits per heavy atom. The van der Waals surface area contributed by atoms with Gasteiger partial charge in [0.15, 0.2) is 0 Å². The van der Waals surface area contributed by atoms with Crippen molar-refractivity contribution >= 4 is 22.9 Å². The lowest BCUT2D eigenvalue weighted by Crippen LogP contribution is -2.19. The summed E-state index contributed by atoms with van der Waals surface area (Å²) in [5.41, 5.74) is 0. The molecule has 0 bridgehead atoms. The van der Waals surface area contributed by atoms with Crippen LogP contribution in [0.1, 0.15) is 6.42 Å². The van der Waals surface area contributed by atoms with Crippen LogP contribution in [0.4, 0.5) is 0 Å². The minimum Gasteiger partial charge on any atom is -0.511 e. The minimum absolute atomic E-state index is 0.505. The van der Waals surface area contributed by atoms with Gasteiger partial charge < -0.3 is 5.11 Å². The summed E-state index contributed by atoms with van der Waals surface area (Å²) in [6, 6.07) is 0. The zero-order valence-electron chi connectivity index (χ0n) is 4.47. The summed E-state index contributed by atoms with van der Waals surface area (Å²) in [5, 5.41) is 8.89. The van der Waals surface area contributed by atoms with Crippen LogP contribution >= 0.6 is 22.9 Å². The van der Waals surface area contributed by atoms with Crippen molar-refractivity contribution in [3.63, 3.8) is 0 Å². The number of hydrogen-bond donors (Lipinski definition) is 1. The van der Waals surface area contributed by atoms with Gasteiger partial charge in [0.05, 0.1) is 6.54 Å². The first-order valence-electron chi connectivity index (χ1n) is 2.58. The molecule has 1 rings (SSSR count). The summed E-state index contributed by atoms with van der Waals surface area (Å²) >= 11 is 2.20. The fourth-order valence-corrected chi connectivity index (χ4v) is 1.32. The molecule has 0 aromatic heterocycles. The molecule has 0 fully saturated rings. The molecule has 0 saturated heterocycles. The zero-order valence-corrected chi connectivity index (χ0v) is 6.63. The molecular formula is C5H8INO. The van der Waals surface area contributed by atoms with E-state index in [1.165, 1.54) is 0 Å². The van der Waals surface area contributed by atoms with Crippen molar-refractivity contribution in [2.24, 2.45) is 0 Å². The lowest BCUT2D eigenvalue weighted by Gasteiger charge is -2.16. The van der Waals surface area contributed by atoms with E-state index >= 15 is 0 Å². The maximum Gasteiger partial charge on any atom is 0.103 e. The highest BCUT2D eigenvalue weighted by Crippen LogP contribution is 2.10.